The van der Waals surface area contributed by atoms with Crippen LogP contribution in [0.3, 0.4) is 0 Å². The van der Waals surface area contributed by atoms with Crippen molar-refractivity contribution in [3.05, 3.63) is 88.3 Å². The molecule has 1 saturated heterocycles. The molecule has 2 aromatic carbocycles. The van der Waals surface area contributed by atoms with E-state index in [2.05, 4.69) is 85.8 Å². The second-order valence-electron chi connectivity index (χ2n) is 11.0. The highest BCUT2D eigenvalue weighted by Gasteiger charge is 2.14. The first-order chi connectivity index (χ1) is 19.4. The lowest BCUT2D eigenvalue weighted by Gasteiger charge is -2.23. The molecule has 3 rings (SSSR count). The van der Waals surface area contributed by atoms with Gasteiger partial charge in [0.25, 0.3) is 0 Å². The zero-order valence-corrected chi connectivity index (χ0v) is 26.3. The van der Waals surface area contributed by atoms with Gasteiger partial charge in [0.15, 0.2) is 0 Å². The van der Waals surface area contributed by atoms with E-state index in [1.54, 1.807) is 0 Å². The first kappa shape index (κ1) is 33.8. The van der Waals surface area contributed by atoms with E-state index in [4.69, 9.17) is 0 Å². The van der Waals surface area contributed by atoms with Crippen LogP contribution in [0, 0.1) is 0 Å². The molecular formula is C36H56FN3. The monoisotopic (exact) mass is 549 g/mol. The van der Waals surface area contributed by atoms with Crippen molar-refractivity contribution >= 4 is 5.69 Å². The van der Waals surface area contributed by atoms with Gasteiger partial charge in [-0.05, 0) is 132 Å². The van der Waals surface area contributed by atoms with Crippen LogP contribution in [-0.2, 0) is 19.3 Å². The van der Waals surface area contributed by atoms with Crippen LogP contribution in [0.4, 0.5) is 10.1 Å². The molecule has 1 aliphatic heterocycles. The van der Waals surface area contributed by atoms with Gasteiger partial charge in [-0.2, -0.15) is 0 Å². The fourth-order valence-electron chi connectivity index (χ4n) is 5.33. The molecule has 0 aromatic heterocycles. The summed E-state index contributed by atoms with van der Waals surface area (Å²) in [6, 6.07) is 16.1. The summed E-state index contributed by atoms with van der Waals surface area (Å²) < 4.78 is 13.3. The van der Waals surface area contributed by atoms with Crippen molar-refractivity contribution in [3.8, 4) is 0 Å². The Bertz CT molecular complexity index is 1010. The van der Waals surface area contributed by atoms with Crippen molar-refractivity contribution < 1.29 is 4.39 Å². The van der Waals surface area contributed by atoms with Crippen molar-refractivity contribution in [2.75, 3.05) is 44.7 Å². The van der Waals surface area contributed by atoms with E-state index in [1.165, 1.54) is 60.5 Å². The van der Waals surface area contributed by atoms with Gasteiger partial charge in [0.2, 0.25) is 0 Å². The zero-order chi connectivity index (χ0) is 29.2. The molecule has 0 atom stereocenters. The van der Waals surface area contributed by atoms with Crippen LogP contribution in [0.1, 0.15) is 94.9 Å². The Hall–Kier alpha value is -2.43. The van der Waals surface area contributed by atoms with E-state index in [0.717, 1.165) is 69.9 Å². The summed E-state index contributed by atoms with van der Waals surface area (Å²) in [5.41, 5.74) is 8.03. The van der Waals surface area contributed by atoms with Gasteiger partial charge >= 0.3 is 0 Å². The van der Waals surface area contributed by atoms with Crippen LogP contribution < -0.4 is 15.5 Å². The van der Waals surface area contributed by atoms with E-state index in [1.807, 2.05) is 19.1 Å². The zero-order valence-electron chi connectivity index (χ0n) is 26.3. The second kappa shape index (κ2) is 19.6. The molecule has 1 fully saturated rings. The van der Waals surface area contributed by atoms with Crippen molar-refractivity contribution in [3.63, 3.8) is 0 Å². The average Bonchev–Trinajstić information content (AvgIpc) is 2.99. The van der Waals surface area contributed by atoms with Gasteiger partial charge in [-0.15, -0.1) is 0 Å². The molecule has 0 radical (unpaired) electrons. The van der Waals surface area contributed by atoms with Gasteiger partial charge in [-0.1, -0.05) is 68.8 Å². The summed E-state index contributed by atoms with van der Waals surface area (Å²) in [6.07, 6.45) is 12.8. The number of halogens is 1. The van der Waals surface area contributed by atoms with Gasteiger partial charge in [0.1, 0.15) is 5.83 Å². The summed E-state index contributed by atoms with van der Waals surface area (Å²) >= 11 is 0. The van der Waals surface area contributed by atoms with Crippen LogP contribution in [-0.4, -0.2) is 39.8 Å². The summed E-state index contributed by atoms with van der Waals surface area (Å²) in [4.78, 5) is 2.33. The van der Waals surface area contributed by atoms with Gasteiger partial charge in [-0.3, -0.25) is 0 Å². The highest BCUT2D eigenvalue weighted by molar-refractivity contribution is 5.55. The number of aryl methyl sites for hydroxylation is 3. The Balaban J connectivity index is 0.000000319. The van der Waals surface area contributed by atoms with Crippen LogP contribution in [0.5, 0.6) is 0 Å². The van der Waals surface area contributed by atoms with Gasteiger partial charge in [-0.25, -0.2) is 4.39 Å². The largest absolute Gasteiger partial charge is 0.375 e. The molecule has 0 bridgehead atoms. The van der Waals surface area contributed by atoms with Crippen molar-refractivity contribution in [1.29, 1.82) is 0 Å². The fourth-order valence-corrected chi connectivity index (χ4v) is 5.33. The third-order valence-corrected chi connectivity index (χ3v) is 7.95. The van der Waals surface area contributed by atoms with E-state index >= 15 is 0 Å². The Morgan fingerprint density at radius 2 is 1.70 bits per heavy atom. The molecule has 4 heteroatoms. The smallest absolute Gasteiger partial charge is 0.100 e. The number of benzene rings is 2. The lowest BCUT2D eigenvalue weighted by molar-refractivity contribution is 0.460. The van der Waals surface area contributed by atoms with E-state index < -0.39 is 0 Å². The van der Waals surface area contributed by atoms with Crippen LogP contribution >= 0.6 is 0 Å². The molecule has 2 aromatic rings. The van der Waals surface area contributed by atoms with Crippen LogP contribution in [0.2, 0.25) is 0 Å². The number of rotatable bonds is 14. The summed E-state index contributed by atoms with van der Waals surface area (Å²) in [5.74, 6) is 0.657. The molecule has 0 spiro atoms. The number of anilines is 1. The Kier molecular flexibility index (Phi) is 16.6. The number of hydrogen-bond acceptors (Lipinski definition) is 3. The molecule has 0 unspecified atom stereocenters. The summed E-state index contributed by atoms with van der Waals surface area (Å²) in [6.45, 7) is 15.3. The predicted octanol–water partition coefficient (Wildman–Crippen LogP) is 8.54. The highest BCUT2D eigenvalue weighted by Crippen LogP contribution is 2.25. The summed E-state index contributed by atoms with van der Waals surface area (Å²) in [7, 11) is 2.17. The SMILES string of the molecule is C/C=C\C(CCNCCCc1ccc(C2CCNCC2)cc1)=C(/C)F.CCCc1ccc(CC)c(N(C)CC)c1. The molecule has 222 valence electrons. The number of hydrogen-bond donors (Lipinski definition) is 2. The highest BCUT2D eigenvalue weighted by atomic mass is 19.1. The third-order valence-electron chi connectivity index (χ3n) is 7.95. The van der Waals surface area contributed by atoms with Crippen molar-refractivity contribution in [2.45, 2.75) is 91.9 Å². The standard InChI is InChI=1S/C22H33FN2.C14H23N/c1-3-5-20(18(2)23)11-15-24-14-4-6-19-7-9-21(10-8-19)22-12-16-25-17-13-22;1-5-8-12-9-10-13(6-2)14(11-12)15(4)7-3/h3,5,7-10,22,24-25H,4,6,11-17H2,1-2H3;9-11H,5-8H2,1-4H3/b5-3-,20-18-;. The van der Waals surface area contributed by atoms with Gasteiger partial charge < -0.3 is 15.5 Å². The molecule has 2 N–H and O–H groups in total. The minimum absolute atomic E-state index is 0.0752. The van der Waals surface area contributed by atoms with Gasteiger partial charge in [0.05, 0.1) is 0 Å². The second-order valence-corrected chi connectivity index (χ2v) is 11.0. The average molecular weight is 550 g/mol. The fraction of sp³-hybridized carbons (Fsp3) is 0.556. The normalized spacial score (nSPS) is 14.6. The summed E-state index contributed by atoms with van der Waals surface area (Å²) in [5, 5.41) is 6.85. The molecule has 40 heavy (non-hydrogen) atoms. The molecular weight excluding hydrogens is 493 g/mol. The van der Waals surface area contributed by atoms with Crippen molar-refractivity contribution in [2.24, 2.45) is 0 Å². The molecule has 0 amide bonds. The Morgan fingerprint density at radius 3 is 2.30 bits per heavy atom. The maximum absolute atomic E-state index is 13.3. The lowest BCUT2D eigenvalue weighted by atomic mass is 9.89. The maximum atomic E-state index is 13.3. The molecule has 1 heterocycles. The topological polar surface area (TPSA) is 27.3 Å². The van der Waals surface area contributed by atoms with Gasteiger partial charge in [0, 0.05) is 19.3 Å². The van der Waals surface area contributed by atoms with E-state index in [0.29, 0.717) is 0 Å². The van der Waals surface area contributed by atoms with Crippen molar-refractivity contribution in [1.82, 2.24) is 10.6 Å². The lowest BCUT2D eigenvalue weighted by Crippen LogP contribution is -2.26. The number of nitrogens with one attached hydrogen (secondary N) is 2. The van der Waals surface area contributed by atoms with E-state index in [9.17, 15) is 4.39 Å². The molecule has 0 saturated carbocycles. The van der Waals surface area contributed by atoms with E-state index in [-0.39, 0.29) is 5.83 Å². The quantitative estimate of drug-likeness (QED) is 0.183. The minimum atomic E-state index is -0.0752. The number of allylic oxidation sites excluding steroid dienone is 3. The third kappa shape index (κ3) is 12.0. The Morgan fingerprint density at radius 1 is 1.00 bits per heavy atom. The number of nitrogens with zero attached hydrogens (tertiary/aromatic N) is 1. The molecule has 1 aliphatic rings. The van der Waals surface area contributed by atoms with Crippen LogP contribution in [0.25, 0.3) is 0 Å². The van der Waals surface area contributed by atoms with Crippen LogP contribution in [0.15, 0.2) is 66.0 Å². The number of piperidine rings is 1. The first-order valence-electron chi connectivity index (χ1n) is 15.7. The first-order valence-corrected chi connectivity index (χ1v) is 15.7. The predicted molar refractivity (Wildman–Crippen MR) is 174 cm³/mol. The molecule has 0 aliphatic carbocycles. The Labute approximate surface area is 245 Å². The maximum Gasteiger partial charge on any atom is 0.100 e. The minimum Gasteiger partial charge on any atom is -0.375 e. The molecule has 3 nitrogen and oxygen atoms in total.